The molecule has 0 saturated carbocycles. The molecule has 0 radical (unpaired) electrons. The molecule has 0 aliphatic heterocycles. The van der Waals surface area contributed by atoms with Crippen molar-refractivity contribution in [1.29, 1.82) is 0 Å². The van der Waals surface area contributed by atoms with Gasteiger partial charge in [-0.05, 0) is 59.6 Å². The number of carbonyl (C=O) groups is 2. The van der Waals surface area contributed by atoms with Gasteiger partial charge in [-0.2, -0.15) is 0 Å². The van der Waals surface area contributed by atoms with E-state index < -0.39 is 18.0 Å². The Labute approximate surface area is 149 Å². The van der Waals surface area contributed by atoms with Gasteiger partial charge in [0.25, 0.3) is 5.91 Å². The second-order valence-electron chi connectivity index (χ2n) is 5.22. The molecule has 24 heavy (non-hydrogen) atoms. The molecule has 6 heteroatoms. The number of halogens is 1. The summed E-state index contributed by atoms with van der Waals surface area (Å²) in [6, 6.07) is 12.3. The van der Waals surface area contributed by atoms with Gasteiger partial charge in [0.2, 0.25) is 0 Å². The number of amides is 1. The second-order valence-corrected chi connectivity index (χ2v) is 6.07. The van der Waals surface area contributed by atoms with Crippen molar-refractivity contribution < 1.29 is 19.1 Å². The number of benzene rings is 2. The highest BCUT2D eigenvalue weighted by Crippen LogP contribution is 2.25. The molecule has 0 aliphatic rings. The normalized spacial score (nSPS) is 11.5. The average molecular weight is 392 g/mol. The van der Waals surface area contributed by atoms with E-state index in [1.54, 1.807) is 36.4 Å². The summed E-state index contributed by atoms with van der Waals surface area (Å²) in [5, 5.41) is 2.72. The van der Waals surface area contributed by atoms with Crippen molar-refractivity contribution in [3.63, 3.8) is 0 Å². The Hall–Kier alpha value is -2.34. The molecule has 0 fully saturated rings. The number of ether oxygens (including phenoxy) is 2. The van der Waals surface area contributed by atoms with Gasteiger partial charge in [-0.1, -0.05) is 18.2 Å². The van der Waals surface area contributed by atoms with Gasteiger partial charge in [0.15, 0.2) is 6.10 Å². The van der Waals surface area contributed by atoms with Gasteiger partial charge in [-0.25, -0.2) is 4.79 Å². The van der Waals surface area contributed by atoms with E-state index in [-0.39, 0.29) is 0 Å². The van der Waals surface area contributed by atoms with Crippen LogP contribution in [-0.4, -0.2) is 25.1 Å². The number of hydrogen-bond acceptors (Lipinski definition) is 4. The van der Waals surface area contributed by atoms with Gasteiger partial charge in [-0.3, -0.25) is 4.79 Å². The van der Waals surface area contributed by atoms with E-state index in [1.807, 2.05) is 13.0 Å². The minimum atomic E-state index is -0.949. The summed E-state index contributed by atoms with van der Waals surface area (Å²) >= 11 is 3.29. The summed E-state index contributed by atoms with van der Waals surface area (Å²) in [6.07, 6.45) is -0.949. The number of hydrogen-bond donors (Lipinski definition) is 1. The largest absolute Gasteiger partial charge is 0.495 e. The fourth-order valence-corrected chi connectivity index (χ4v) is 2.50. The van der Waals surface area contributed by atoms with E-state index in [9.17, 15) is 9.59 Å². The number of rotatable bonds is 5. The van der Waals surface area contributed by atoms with Crippen molar-refractivity contribution in [1.82, 2.24) is 0 Å². The Morgan fingerprint density at radius 1 is 1.17 bits per heavy atom. The molecule has 1 N–H and O–H groups in total. The molecule has 5 nitrogen and oxygen atoms in total. The van der Waals surface area contributed by atoms with Gasteiger partial charge in [0.05, 0.1) is 18.4 Å². The van der Waals surface area contributed by atoms with Crippen LogP contribution < -0.4 is 10.1 Å². The van der Waals surface area contributed by atoms with Crippen molar-refractivity contribution >= 4 is 33.5 Å². The molecule has 0 saturated heterocycles. The van der Waals surface area contributed by atoms with Crippen LogP contribution >= 0.6 is 15.9 Å². The first-order valence-electron chi connectivity index (χ1n) is 7.33. The lowest BCUT2D eigenvalue weighted by Crippen LogP contribution is -2.30. The van der Waals surface area contributed by atoms with Gasteiger partial charge in [-0.15, -0.1) is 0 Å². The summed E-state index contributed by atoms with van der Waals surface area (Å²) in [7, 11) is 1.52. The van der Waals surface area contributed by atoms with E-state index >= 15 is 0 Å². The molecule has 0 bridgehead atoms. The molecular formula is C18H18BrNO4. The molecule has 2 aromatic rings. The SMILES string of the molecule is COc1ccc(C)cc1NC(=O)C(C)OC(=O)c1ccccc1Br. The third-order valence-corrected chi connectivity index (χ3v) is 4.05. The lowest BCUT2D eigenvalue weighted by Gasteiger charge is -2.16. The van der Waals surface area contributed by atoms with Crippen LogP contribution in [0.3, 0.4) is 0 Å². The molecule has 1 amide bonds. The Balaban J connectivity index is 2.06. The van der Waals surface area contributed by atoms with Crippen molar-refractivity contribution in [2.45, 2.75) is 20.0 Å². The molecule has 2 rings (SSSR count). The zero-order valence-corrected chi connectivity index (χ0v) is 15.2. The average Bonchev–Trinajstić information content (AvgIpc) is 2.55. The second kappa shape index (κ2) is 7.97. The molecule has 0 spiro atoms. The maximum absolute atomic E-state index is 12.3. The first kappa shape index (κ1) is 18.0. The van der Waals surface area contributed by atoms with Gasteiger partial charge < -0.3 is 14.8 Å². The Morgan fingerprint density at radius 3 is 2.54 bits per heavy atom. The number of aryl methyl sites for hydroxylation is 1. The maximum atomic E-state index is 12.3. The van der Waals surface area contributed by atoms with Crippen LogP contribution in [0.2, 0.25) is 0 Å². The fourth-order valence-electron chi connectivity index (χ4n) is 2.06. The molecule has 0 heterocycles. The summed E-state index contributed by atoms with van der Waals surface area (Å²) in [4.78, 5) is 24.4. The molecule has 1 unspecified atom stereocenters. The molecular weight excluding hydrogens is 374 g/mol. The third kappa shape index (κ3) is 4.35. The standard InChI is InChI=1S/C18H18BrNO4/c1-11-8-9-16(23-3)15(10-11)20-17(21)12(2)24-18(22)13-6-4-5-7-14(13)19/h4-10,12H,1-3H3,(H,20,21). The van der Waals surface area contributed by atoms with Crippen LogP contribution in [0.15, 0.2) is 46.9 Å². The topological polar surface area (TPSA) is 64.6 Å². The summed E-state index contributed by atoms with van der Waals surface area (Å²) < 4.78 is 11.1. The summed E-state index contributed by atoms with van der Waals surface area (Å²) in [5.74, 6) is -0.459. The molecule has 2 aromatic carbocycles. The van der Waals surface area contributed by atoms with E-state index in [2.05, 4.69) is 21.2 Å². The Kier molecular flexibility index (Phi) is 5.98. The number of methoxy groups -OCH3 is 1. The van der Waals surface area contributed by atoms with Crippen LogP contribution in [0, 0.1) is 6.92 Å². The zero-order chi connectivity index (χ0) is 17.7. The minimum Gasteiger partial charge on any atom is -0.495 e. The van der Waals surface area contributed by atoms with E-state index in [4.69, 9.17) is 9.47 Å². The predicted octanol–water partition coefficient (Wildman–Crippen LogP) is 3.95. The van der Waals surface area contributed by atoms with Crippen LogP contribution in [0.5, 0.6) is 5.75 Å². The first-order valence-corrected chi connectivity index (χ1v) is 8.12. The number of esters is 1. The van der Waals surface area contributed by atoms with Crippen LogP contribution in [-0.2, 0) is 9.53 Å². The number of anilines is 1. The lowest BCUT2D eigenvalue weighted by atomic mass is 10.2. The predicted molar refractivity (Wildman–Crippen MR) is 95.4 cm³/mol. The van der Waals surface area contributed by atoms with Gasteiger partial charge >= 0.3 is 5.97 Å². The zero-order valence-electron chi connectivity index (χ0n) is 13.6. The van der Waals surface area contributed by atoms with Crippen LogP contribution in [0.25, 0.3) is 0 Å². The van der Waals surface area contributed by atoms with Crippen molar-refractivity contribution in [2.24, 2.45) is 0 Å². The monoisotopic (exact) mass is 391 g/mol. The highest BCUT2D eigenvalue weighted by molar-refractivity contribution is 9.10. The Bertz CT molecular complexity index is 760. The highest BCUT2D eigenvalue weighted by atomic mass is 79.9. The van der Waals surface area contributed by atoms with Crippen molar-refractivity contribution in [2.75, 3.05) is 12.4 Å². The number of nitrogens with one attached hydrogen (secondary N) is 1. The maximum Gasteiger partial charge on any atom is 0.340 e. The summed E-state index contributed by atoms with van der Waals surface area (Å²) in [6.45, 7) is 3.43. The molecule has 1 atom stereocenters. The molecule has 126 valence electrons. The quantitative estimate of drug-likeness (QED) is 0.783. The van der Waals surface area contributed by atoms with Crippen LogP contribution in [0.4, 0.5) is 5.69 Å². The van der Waals surface area contributed by atoms with Gasteiger partial charge in [0, 0.05) is 4.47 Å². The summed E-state index contributed by atoms with van der Waals surface area (Å²) in [5.41, 5.74) is 1.88. The molecule has 0 aliphatic carbocycles. The van der Waals surface area contributed by atoms with E-state index in [0.717, 1.165) is 5.56 Å². The fraction of sp³-hybridized carbons (Fsp3) is 0.222. The highest BCUT2D eigenvalue weighted by Gasteiger charge is 2.21. The van der Waals surface area contributed by atoms with E-state index in [1.165, 1.54) is 14.0 Å². The molecule has 0 aromatic heterocycles. The lowest BCUT2D eigenvalue weighted by molar-refractivity contribution is -0.123. The van der Waals surface area contributed by atoms with E-state index in [0.29, 0.717) is 21.5 Å². The smallest absolute Gasteiger partial charge is 0.340 e. The Morgan fingerprint density at radius 2 is 1.88 bits per heavy atom. The first-order chi connectivity index (χ1) is 11.4. The van der Waals surface area contributed by atoms with Crippen molar-refractivity contribution in [3.05, 3.63) is 58.1 Å². The van der Waals surface area contributed by atoms with Crippen molar-refractivity contribution in [3.8, 4) is 5.75 Å². The van der Waals surface area contributed by atoms with Gasteiger partial charge in [0.1, 0.15) is 5.75 Å². The minimum absolute atomic E-state index is 0.366. The van der Waals surface area contributed by atoms with Crippen LogP contribution in [0.1, 0.15) is 22.8 Å². The number of carbonyl (C=O) groups excluding carboxylic acids is 2. The third-order valence-electron chi connectivity index (χ3n) is 3.36.